The fraction of sp³-hybridized carbons (Fsp3) is 0.312. The van der Waals surface area contributed by atoms with Crippen LogP contribution in [0.5, 0.6) is 0 Å². The summed E-state index contributed by atoms with van der Waals surface area (Å²) >= 11 is 0. The average molecular weight is 298 g/mol. The third-order valence-electron chi connectivity index (χ3n) is 4.75. The van der Waals surface area contributed by atoms with E-state index in [9.17, 15) is 14.4 Å². The molecule has 2 aromatic rings. The van der Waals surface area contributed by atoms with Crippen LogP contribution in [-0.2, 0) is 4.79 Å². The first-order valence-electron chi connectivity index (χ1n) is 7.20. The number of para-hydroxylation sites is 1. The predicted octanol–water partition coefficient (Wildman–Crippen LogP) is 0.931. The number of aromatic amines is 1. The number of aromatic nitrogens is 1. The van der Waals surface area contributed by atoms with E-state index < -0.39 is 11.5 Å². The zero-order valence-corrected chi connectivity index (χ0v) is 11.7. The lowest BCUT2D eigenvalue weighted by molar-refractivity contribution is -0.139. The Labute approximate surface area is 125 Å². The second kappa shape index (κ2) is 4.43. The van der Waals surface area contributed by atoms with Crippen molar-refractivity contribution in [1.29, 1.82) is 0 Å². The van der Waals surface area contributed by atoms with E-state index in [1.165, 1.54) is 0 Å². The first-order chi connectivity index (χ1) is 10.6. The monoisotopic (exact) mass is 298 g/mol. The van der Waals surface area contributed by atoms with E-state index in [1.54, 1.807) is 17.0 Å². The molecule has 22 heavy (non-hydrogen) atoms. The Morgan fingerprint density at radius 3 is 2.55 bits per heavy atom. The standard InChI is InChI=1S/C16H14N2O4/c19-14-9(5-8-3-1-2-4-12(8)17-14)15(20)18-6-10-11(7-18)13(10)16(21)22/h1-5,10-11,13H,6-7H2,(H,17,19)(H,21,22)/t10-,11+,13?. The molecule has 1 saturated carbocycles. The quantitative estimate of drug-likeness (QED) is 0.863. The number of benzene rings is 1. The number of piperidine rings is 1. The van der Waals surface area contributed by atoms with Crippen LogP contribution >= 0.6 is 0 Å². The van der Waals surface area contributed by atoms with E-state index in [-0.39, 0.29) is 29.2 Å². The molecule has 6 nitrogen and oxygen atoms in total. The van der Waals surface area contributed by atoms with Gasteiger partial charge in [0.25, 0.3) is 11.5 Å². The fourth-order valence-electron chi connectivity index (χ4n) is 3.54. The number of fused-ring (bicyclic) bond motifs is 2. The summed E-state index contributed by atoms with van der Waals surface area (Å²) in [6.45, 7) is 0.847. The van der Waals surface area contributed by atoms with Gasteiger partial charge in [-0.05, 0) is 29.4 Å². The molecule has 1 aliphatic carbocycles. The van der Waals surface area contributed by atoms with Gasteiger partial charge < -0.3 is 15.0 Å². The maximum absolute atomic E-state index is 12.5. The van der Waals surface area contributed by atoms with Gasteiger partial charge in [-0.15, -0.1) is 0 Å². The molecule has 6 heteroatoms. The number of nitrogens with one attached hydrogen (secondary N) is 1. The van der Waals surface area contributed by atoms with Gasteiger partial charge in [0, 0.05) is 18.6 Å². The Bertz CT molecular complexity index is 845. The Balaban J connectivity index is 1.61. The van der Waals surface area contributed by atoms with Gasteiger partial charge in [-0.2, -0.15) is 0 Å². The molecular formula is C16H14N2O4. The van der Waals surface area contributed by atoms with E-state index in [0.29, 0.717) is 18.6 Å². The van der Waals surface area contributed by atoms with Crippen LogP contribution in [0, 0.1) is 17.8 Å². The molecule has 1 unspecified atom stereocenters. The molecule has 2 aliphatic rings. The third kappa shape index (κ3) is 1.83. The van der Waals surface area contributed by atoms with Gasteiger partial charge in [0.15, 0.2) is 0 Å². The summed E-state index contributed by atoms with van der Waals surface area (Å²) in [6, 6.07) is 8.89. The van der Waals surface area contributed by atoms with Crippen LogP contribution < -0.4 is 5.56 Å². The zero-order chi connectivity index (χ0) is 15.4. The van der Waals surface area contributed by atoms with Crippen LogP contribution in [0.15, 0.2) is 35.1 Å². The molecule has 3 atom stereocenters. The summed E-state index contributed by atoms with van der Waals surface area (Å²) in [5, 5.41) is 9.81. The molecule has 1 amide bonds. The number of H-pyrrole nitrogens is 1. The Hall–Kier alpha value is -2.63. The van der Waals surface area contributed by atoms with Gasteiger partial charge in [0.2, 0.25) is 0 Å². The number of carbonyl (C=O) groups is 2. The highest BCUT2D eigenvalue weighted by atomic mass is 16.4. The van der Waals surface area contributed by atoms with Crippen molar-refractivity contribution in [2.45, 2.75) is 0 Å². The highest BCUT2D eigenvalue weighted by Crippen LogP contribution is 2.51. The topological polar surface area (TPSA) is 90.5 Å². The van der Waals surface area contributed by atoms with E-state index in [4.69, 9.17) is 5.11 Å². The number of amides is 1. The van der Waals surface area contributed by atoms with Crippen molar-refractivity contribution in [2.75, 3.05) is 13.1 Å². The minimum atomic E-state index is -0.786. The van der Waals surface area contributed by atoms with Gasteiger partial charge in [-0.1, -0.05) is 18.2 Å². The van der Waals surface area contributed by atoms with Crippen LogP contribution in [0.3, 0.4) is 0 Å². The zero-order valence-electron chi connectivity index (χ0n) is 11.7. The second-order valence-electron chi connectivity index (χ2n) is 6.00. The average Bonchev–Trinajstić information content (AvgIpc) is 3.02. The lowest BCUT2D eigenvalue weighted by atomic mass is 10.1. The van der Waals surface area contributed by atoms with Crippen LogP contribution in [0.1, 0.15) is 10.4 Å². The molecule has 2 N–H and O–H groups in total. The molecule has 1 saturated heterocycles. The van der Waals surface area contributed by atoms with Gasteiger partial charge in [0.1, 0.15) is 5.56 Å². The Morgan fingerprint density at radius 2 is 1.86 bits per heavy atom. The van der Waals surface area contributed by atoms with Gasteiger partial charge in [-0.25, -0.2) is 0 Å². The Morgan fingerprint density at radius 1 is 1.18 bits per heavy atom. The molecule has 2 heterocycles. The molecular weight excluding hydrogens is 284 g/mol. The number of likely N-dealkylation sites (tertiary alicyclic amines) is 1. The van der Waals surface area contributed by atoms with Crippen LogP contribution in [0.25, 0.3) is 10.9 Å². The van der Waals surface area contributed by atoms with Crippen molar-refractivity contribution in [1.82, 2.24) is 9.88 Å². The minimum Gasteiger partial charge on any atom is -0.481 e. The van der Waals surface area contributed by atoms with Gasteiger partial charge in [0.05, 0.1) is 5.92 Å². The number of pyridine rings is 1. The summed E-state index contributed by atoms with van der Waals surface area (Å²) in [5.74, 6) is -1.34. The van der Waals surface area contributed by atoms with Crippen molar-refractivity contribution in [2.24, 2.45) is 17.8 Å². The third-order valence-corrected chi connectivity index (χ3v) is 4.75. The second-order valence-corrected chi connectivity index (χ2v) is 6.00. The van der Waals surface area contributed by atoms with E-state index >= 15 is 0 Å². The lowest BCUT2D eigenvalue weighted by Crippen LogP contribution is -2.35. The fourth-order valence-corrected chi connectivity index (χ4v) is 3.54. The normalized spacial score (nSPS) is 26.0. The summed E-state index contributed by atoms with van der Waals surface area (Å²) in [6.07, 6.45) is 0. The van der Waals surface area contributed by atoms with Crippen LogP contribution in [0.2, 0.25) is 0 Å². The molecule has 112 valence electrons. The summed E-state index contributed by atoms with van der Waals surface area (Å²) in [5.41, 5.74) is 0.408. The molecule has 1 aromatic carbocycles. The SMILES string of the molecule is O=C(O)C1[C@H]2CN(C(=O)c3cc4ccccc4[nH]c3=O)C[C@@H]12. The molecule has 0 radical (unpaired) electrons. The van der Waals surface area contributed by atoms with E-state index in [0.717, 1.165) is 5.39 Å². The van der Waals surface area contributed by atoms with Gasteiger partial charge in [-0.3, -0.25) is 14.4 Å². The van der Waals surface area contributed by atoms with Crippen molar-refractivity contribution in [3.63, 3.8) is 0 Å². The summed E-state index contributed by atoms with van der Waals surface area (Å²) in [7, 11) is 0. The maximum atomic E-state index is 12.5. The lowest BCUT2D eigenvalue weighted by Gasteiger charge is -2.18. The molecule has 2 fully saturated rings. The highest BCUT2D eigenvalue weighted by molar-refractivity contribution is 5.97. The largest absolute Gasteiger partial charge is 0.481 e. The smallest absolute Gasteiger partial charge is 0.307 e. The predicted molar refractivity (Wildman–Crippen MR) is 78.6 cm³/mol. The van der Waals surface area contributed by atoms with E-state index in [1.807, 2.05) is 18.2 Å². The molecule has 1 aliphatic heterocycles. The molecule has 1 aromatic heterocycles. The van der Waals surface area contributed by atoms with Crippen LogP contribution in [0.4, 0.5) is 0 Å². The van der Waals surface area contributed by atoms with E-state index in [2.05, 4.69) is 4.98 Å². The van der Waals surface area contributed by atoms with Crippen molar-refractivity contribution < 1.29 is 14.7 Å². The van der Waals surface area contributed by atoms with Crippen molar-refractivity contribution >= 4 is 22.8 Å². The van der Waals surface area contributed by atoms with Gasteiger partial charge >= 0.3 is 5.97 Å². The number of aliphatic carboxylic acids is 1. The summed E-state index contributed by atoms with van der Waals surface area (Å²) in [4.78, 5) is 39.9. The number of nitrogens with zero attached hydrogens (tertiary/aromatic N) is 1. The highest BCUT2D eigenvalue weighted by Gasteiger charge is 2.60. The molecule has 0 bridgehead atoms. The number of hydrogen-bond acceptors (Lipinski definition) is 3. The number of carboxylic acid groups (broad SMARTS) is 1. The summed E-state index contributed by atoms with van der Waals surface area (Å²) < 4.78 is 0. The Kier molecular flexibility index (Phi) is 2.63. The number of carbonyl (C=O) groups excluding carboxylic acids is 1. The molecule has 4 rings (SSSR count). The number of hydrogen-bond donors (Lipinski definition) is 2. The van der Waals surface area contributed by atoms with Crippen molar-refractivity contribution in [3.05, 3.63) is 46.2 Å². The minimum absolute atomic E-state index is 0.0426. The first-order valence-corrected chi connectivity index (χ1v) is 7.20. The number of rotatable bonds is 2. The van der Waals surface area contributed by atoms with Crippen LogP contribution in [-0.4, -0.2) is 40.0 Å². The van der Waals surface area contributed by atoms with Crippen molar-refractivity contribution in [3.8, 4) is 0 Å². The number of carboxylic acids is 1. The first kappa shape index (κ1) is 13.1. The maximum Gasteiger partial charge on any atom is 0.307 e. The molecule has 0 spiro atoms.